The molecular weight excluding hydrogens is 312 g/mol. The zero-order chi connectivity index (χ0) is 15.2. The Hall–Kier alpha value is -1.64. The maximum Gasteiger partial charge on any atom is 0.317 e. The number of carboxylic acid groups (broad SMARTS) is 1. The van der Waals surface area contributed by atoms with E-state index in [4.69, 9.17) is 5.11 Å². The number of aliphatic hydroxyl groups is 1. The minimum atomic E-state index is -1.06. The third kappa shape index (κ3) is 4.42. The number of hydrogen-bond donors (Lipinski definition) is 3. The topological polar surface area (TPSA) is 99.5 Å². The van der Waals surface area contributed by atoms with E-state index in [0.29, 0.717) is 4.34 Å². The standard InChI is InChI=1S/C13H14N2O4S2/c16-6-5-14-11(17)7-10(12(18)19)21-13-15-8-3-1-2-4-9(8)20-13/h1-4,10,16H,5-7H2,(H,14,17)(H,18,19). The molecule has 0 spiro atoms. The van der Waals surface area contributed by atoms with Gasteiger partial charge in [0.15, 0.2) is 4.34 Å². The molecule has 1 heterocycles. The molecule has 0 aliphatic carbocycles. The number of nitrogens with one attached hydrogen (secondary N) is 1. The van der Waals surface area contributed by atoms with Crippen molar-refractivity contribution >= 4 is 45.2 Å². The van der Waals surface area contributed by atoms with Crippen molar-refractivity contribution in [1.29, 1.82) is 0 Å². The van der Waals surface area contributed by atoms with E-state index in [2.05, 4.69) is 10.3 Å². The lowest BCUT2D eigenvalue weighted by Crippen LogP contribution is -2.31. The lowest BCUT2D eigenvalue weighted by Gasteiger charge is -2.09. The Morgan fingerprint density at radius 3 is 2.81 bits per heavy atom. The molecule has 0 saturated carbocycles. The zero-order valence-corrected chi connectivity index (χ0v) is 12.6. The minimum absolute atomic E-state index is 0.122. The first-order valence-corrected chi connectivity index (χ1v) is 7.92. The average Bonchev–Trinajstić information content (AvgIpc) is 2.86. The van der Waals surface area contributed by atoms with Gasteiger partial charge < -0.3 is 15.5 Å². The quantitative estimate of drug-likeness (QED) is 0.664. The highest BCUT2D eigenvalue weighted by atomic mass is 32.2. The van der Waals surface area contributed by atoms with Crippen molar-refractivity contribution in [2.45, 2.75) is 16.0 Å². The van der Waals surface area contributed by atoms with Gasteiger partial charge in [-0.2, -0.15) is 0 Å². The van der Waals surface area contributed by atoms with Crippen LogP contribution in [0.25, 0.3) is 10.2 Å². The molecule has 8 heteroatoms. The van der Waals surface area contributed by atoms with Gasteiger partial charge in [0.2, 0.25) is 5.91 Å². The van der Waals surface area contributed by atoms with Crippen LogP contribution in [0.15, 0.2) is 28.6 Å². The van der Waals surface area contributed by atoms with Crippen LogP contribution in [-0.2, 0) is 9.59 Å². The summed E-state index contributed by atoms with van der Waals surface area (Å²) in [4.78, 5) is 27.2. The first-order chi connectivity index (χ1) is 10.1. The monoisotopic (exact) mass is 326 g/mol. The van der Waals surface area contributed by atoms with E-state index in [1.54, 1.807) is 0 Å². The normalized spacial score (nSPS) is 12.2. The summed E-state index contributed by atoms with van der Waals surface area (Å²) in [6.45, 7) is -0.0501. The van der Waals surface area contributed by atoms with E-state index in [1.807, 2.05) is 24.3 Å². The van der Waals surface area contributed by atoms with Crippen LogP contribution in [0.5, 0.6) is 0 Å². The molecule has 1 aromatic carbocycles. The lowest BCUT2D eigenvalue weighted by atomic mass is 10.3. The number of carbonyl (C=O) groups excluding carboxylic acids is 1. The Morgan fingerprint density at radius 1 is 1.38 bits per heavy atom. The molecule has 21 heavy (non-hydrogen) atoms. The number of para-hydroxylation sites is 1. The molecule has 3 N–H and O–H groups in total. The lowest BCUT2D eigenvalue weighted by molar-refractivity contribution is -0.138. The van der Waals surface area contributed by atoms with Crippen LogP contribution in [-0.4, -0.2) is 45.5 Å². The largest absolute Gasteiger partial charge is 0.480 e. The van der Waals surface area contributed by atoms with Crippen molar-refractivity contribution < 1.29 is 19.8 Å². The fourth-order valence-electron chi connectivity index (χ4n) is 1.64. The van der Waals surface area contributed by atoms with Crippen LogP contribution in [0.2, 0.25) is 0 Å². The number of carboxylic acids is 1. The number of aliphatic hydroxyl groups excluding tert-OH is 1. The van der Waals surface area contributed by atoms with E-state index in [9.17, 15) is 14.7 Å². The first kappa shape index (κ1) is 15.7. The van der Waals surface area contributed by atoms with Crippen molar-refractivity contribution in [1.82, 2.24) is 10.3 Å². The molecule has 1 atom stereocenters. The molecule has 0 aliphatic heterocycles. The van der Waals surface area contributed by atoms with Crippen LogP contribution in [0.3, 0.4) is 0 Å². The minimum Gasteiger partial charge on any atom is -0.480 e. The maximum absolute atomic E-state index is 11.6. The van der Waals surface area contributed by atoms with Crippen LogP contribution < -0.4 is 5.32 Å². The number of benzene rings is 1. The van der Waals surface area contributed by atoms with Crippen molar-refractivity contribution in [2.24, 2.45) is 0 Å². The summed E-state index contributed by atoms with van der Waals surface area (Å²) in [5.41, 5.74) is 0.818. The number of carbonyl (C=O) groups is 2. The van der Waals surface area contributed by atoms with Gasteiger partial charge in [-0.05, 0) is 12.1 Å². The molecule has 0 aliphatic rings. The van der Waals surface area contributed by atoms with Gasteiger partial charge >= 0.3 is 5.97 Å². The molecule has 1 amide bonds. The Balaban J connectivity index is 2.05. The van der Waals surface area contributed by atoms with Crippen LogP contribution >= 0.6 is 23.1 Å². The van der Waals surface area contributed by atoms with E-state index < -0.39 is 17.1 Å². The second-order valence-electron chi connectivity index (χ2n) is 4.17. The number of nitrogens with zero attached hydrogens (tertiary/aromatic N) is 1. The van der Waals surface area contributed by atoms with Crippen molar-refractivity contribution in [3.05, 3.63) is 24.3 Å². The Labute approximate surface area is 129 Å². The van der Waals surface area contributed by atoms with E-state index >= 15 is 0 Å². The Kier molecular flexibility index (Phi) is 5.54. The summed E-state index contributed by atoms with van der Waals surface area (Å²) in [6.07, 6.45) is -0.157. The summed E-state index contributed by atoms with van der Waals surface area (Å²) in [5, 5.41) is 19.4. The summed E-state index contributed by atoms with van der Waals surface area (Å²) in [5.74, 6) is -1.46. The van der Waals surface area contributed by atoms with Gasteiger partial charge in [0.1, 0.15) is 5.25 Å². The third-order valence-corrected chi connectivity index (χ3v) is 4.91. The van der Waals surface area contributed by atoms with Crippen molar-refractivity contribution in [2.75, 3.05) is 13.2 Å². The van der Waals surface area contributed by atoms with E-state index in [0.717, 1.165) is 22.0 Å². The molecule has 2 aromatic rings. The molecular formula is C13H14N2O4S2. The number of amides is 1. The van der Waals surface area contributed by atoms with Crippen molar-refractivity contribution in [3.63, 3.8) is 0 Å². The Bertz CT molecular complexity index is 611. The number of rotatable bonds is 7. The molecule has 1 unspecified atom stereocenters. The third-order valence-electron chi connectivity index (χ3n) is 2.60. The number of thioether (sulfide) groups is 1. The fourth-order valence-corrected chi connectivity index (χ4v) is 3.88. The highest BCUT2D eigenvalue weighted by molar-refractivity contribution is 8.02. The van der Waals surface area contributed by atoms with Gasteiger partial charge in [-0.15, -0.1) is 11.3 Å². The van der Waals surface area contributed by atoms with Gasteiger partial charge in [0, 0.05) is 13.0 Å². The smallest absolute Gasteiger partial charge is 0.317 e. The highest BCUT2D eigenvalue weighted by Gasteiger charge is 2.24. The van der Waals surface area contributed by atoms with Crippen molar-refractivity contribution in [3.8, 4) is 0 Å². The molecule has 0 fully saturated rings. The van der Waals surface area contributed by atoms with Crippen LogP contribution in [0.1, 0.15) is 6.42 Å². The summed E-state index contributed by atoms with van der Waals surface area (Å²) < 4.78 is 1.60. The molecule has 112 valence electrons. The summed E-state index contributed by atoms with van der Waals surface area (Å²) in [6, 6.07) is 7.54. The SMILES string of the molecule is O=C(CC(Sc1nc2ccccc2s1)C(=O)O)NCCO. The second-order valence-corrected chi connectivity index (χ2v) is 6.65. The average molecular weight is 326 g/mol. The van der Waals surface area contributed by atoms with Gasteiger partial charge in [0.25, 0.3) is 0 Å². The fraction of sp³-hybridized carbons (Fsp3) is 0.308. The van der Waals surface area contributed by atoms with Gasteiger partial charge in [0.05, 0.1) is 16.8 Å². The molecule has 0 bridgehead atoms. The second kappa shape index (κ2) is 7.39. The van der Waals surface area contributed by atoms with Crippen LogP contribution in [0.4, 0.5) is 0 Å². The number of aliphatic carboxylic acids is 1. The van der Waals surface area contributed by atoms with E-state index in [1.165, 1.54) is 11.3 Å². The maximum atomic E-state index is 11.6. The molecule has 0 radical (unpaired) electrons. The predicted octanol–water partition coefficient (Wildman–Crippen LogP) is 1.34. The predicted molar refractivity (Wildman–Crippen MR) is 81.6 cm³/mol. The van der Waals surface area contributed by atoms with Gasteiger partial charge in [-0.3, -0.25) is 9.59 Å². The summed E-state index contributed by atoms with van der Waals surface area (Å²) >= 11 is 2.47. The van der Waals surface area contributed by atoms with Gasteiger partial charge in [-0.1, -0.05) is 23.9 Å². The number of thiazole rings is 1. The number of fused-ring (bicyclic) bond motifs is 1. The molecule has 0 saturated heterocycles. The summed E-state index contributed by atoms with van der Waals surface area (Å²) in [7, 11) is 0. The molecule has 1 aromatic heterocycles. The molecule has 6 nitrogen and oxygen atoms in total. The molecule has 2 rings (SSSR count). The number of hydrogen-bond acceptors (Lipinski definition) is 6. The van der Waals surface area contributed by atoms with Gasteiger partial charge in [-0.25, -0.2) is 4.98 Å². The van der Waals surface area contributed by atoms with Crippen LogP contribution in [0, 0.1) is 0 Å². The highest BCUT2D eigenvalue weighted by Crippen LogP contribution is 2.33. The first-order valence-electron chi connectivity index (χ1n) is 6.22. The number of aromatic nitrogens is 1. The Morgan fingerprint density at radius 2 is 2.14 bits per heavy atom. The van der Waals surface area contributed by atoms with E-state index in [-0.39, 0.29) is 19.6 Å². The zero-order valence-electron chi connectivity index (χ0n) is 11.0.